The van der Waals surface area contributed by atoms with Crippen LogP contribution in [0.3, 0.4) is 0 Å². The van der Waals surface area contributed by atoms with Crippen LogP contribution in [0, 0.1) is 12.8 Å². The van der Waals surface area contributed by atoms with Crippen molar-refractivity contribution in [1.82, 2.24) is 0 Å². The summed E-state index contributed by atoms with van der Waals surface area (Å²) >= 11 is 7.55. The average molecular weight is 453 g/mol. The highest BCUT2D eigenvalue weighted by molar-refractivity contribution is 7.99. The lowest BCUT2D eigenvalue weighted by atomic mass is 10.2. The van der Waals surface area contributed by atoms with Gasteiger partial charge in [0.25, 0.3) is 0 Å². The van der Waals surface area contributed by atoms with E-state index < -0.39 is 15.7 Å². The number of rotatable bonds is 5. The van der Waals surface area contributed by atoms with Crippen LogP contribution in [0.15, 0.2) is 46.2 Å². The number of aryl methyl sites for hydroxylation is 1. The van der Waals surface area contributed by atoms with Gasteiger partial charge < -0.3 is 10.6 Å². The lowest BCUT2D eigenvalue weighted by Gasteiger charge is -2.11. The number of sulfone groups is 1. The summed E-state index contributed by atoms with van der Waals surface area (Å²) in [5.41, 5.74) is 1.89. The molecule has 2 aromatic carbocycles. The summed E-state index contributed by atoms with van der Waals surface area (Å²) < 4.78 is 25.4. The van der Waals surface area contributed by atoms with Crippen LogP contribution >= 0.6 is 23.4 Å². The van der Waals surface area contributed by atoms with Gasteiger partial charge >= 0.3 is 0 Å². The van der Waals surface area contributed by atoms with E-state index in [9.17, 15) is 18.0 Å². The number of amides is 2. The standard InChI is InChI=1S/C20H21ClN2O4S2/c1-12-3-4-14(9-16(12)21)22-19(24)7-8-29(26,27)15-5-6-18-17(10-15)23-20(25)13(2)11-28-18/h3-6,9-10,13H,7-8,11H2,1-2H3,(H,22,24)(H,23,25)/t13-/m1/s1. The minimum Gasteiger partial charge on any atom is -0.326 e. The predicted octanol–water partition coefficient (Wildman–Crippen LogP) is 4.13. The van der Waals surface area contributed by atoms with Crippen LogP contribution in [-0.2, 0) is 19.4 Å². The minimum atomic E-state index is -3.69. The zero-order chi connectivity index (χ0) is 21.2. The third-order valence-electron chi connectivity index (χ3n) is 4.56. The van der Waals surface area contributed by atoms with Crippen LogP contribution in [-0.4, -0.2) is 31.7 Å². The molecule has 0 bridgehead atoms. The number of carbonyl (C=O) groups is 2. The second kappa shape index (κ2) is 8.77. The summed E-state index contributed by atoms with van der Waals surface area (Å²) in [6, 6.07) is 9.78. The van der Waals surface area contributed by atoms with Crippen LogP contribution in [0.5, 0.6) is 0 Å². The number of carbonyl (C=O) groups excluding carboxylic acids is 2. The van der Waals surface area contributed by atoms with E-state index >= 15 is 0 Å². The van der Waals surface area contributed by atoms with Crippen LogP contribution in [0.1, 0.15) is 18.9 Å². The fraction of sp³-hybridized carbons (Fsp3) is 0.300. The molecule has 1 aliphatic rings. The second-order valence-electron chi connectivity index (χ2n) is 6.94. The van der Waals surface area contributed by atoms with Crippen LogP contribution in [0.2, 0.25) is 5.02 Å². The first-order valence-electron chi connectivity index (χ1n) is 9.02. The molecule has 3 rings (SSSR count). The Hall–Kier alpha value is -2.03. The molecule has 0 spiro atoms. The van der Waals surface area contributed by atoms with Crippen LogP contribution in [0.4, 0.5) is 11.4 Å². The smallest absolute Gasteiger partial charge is 0.228 e. The fourth-order valence-corrected chi connectivity index (χ4v) is 5.17. The molecule has 29 heavy (non-hydrogen) atoms. The Morgan fingerprint density at radius 2 is 2.03 bits per heavy atom. The Bertz CT molecular complexity index is 1070. The molecule has 0 aliphatic carbocycles. The quantitative estimate of drug-likeness (QED) is 0.711. The van der Waals surface area contributed by atoms with Gasteiger partial charge in [-0.15, -0.1) is 11.8 Å². The lowest BCUT2D eigenvalue weighted by molar-refractivity contribution is -0.118. The summed E-state index contributed by atoms with van der Waals surface area (Å²) in [4.78, 5) is 25.1. The summed E-state index contributed by atoms with van der Waals surface area (Å²) in [6.07, 6.45) is -0.191. The topological polar surface area (TPSA) is 92.3 Å². The average Bonchev–Trinajstić information content (AvgIpc) is 2.81. The Morgan fingerprint density at radius 3 is 2.76 bits per heavy atom. The first kappa shape index (κ1) is 21.7. The molecule has 2 aromatic rings. The second-order valence-corrected chi connectivity index (χ2v) is 10.5. The maximum atomic E-state index is 12.7. The first-order chi connectivity index (χ1) is 13.7. The molecular weight excluding hydrogens is 432 g/mol. The van der Waals surface area contributed by atoms with E-state index in [4.69, 9.17) is 11.6 Å². The first-order valence-corrected chi connectivity index (χ1v) is 12.0. The summed E-state index contributed by atoms with van der Waals surface area (Å²) in [6.45, 7) is 3.67. The summed E-state index contributed by atoms with van der Waals surface area (Å²) in [5.74, 6) is -0.419. The molecule has 9 heteroatoms. The number of hydrogen-bond acceptors (Lipinski definition) is 5. The number of halogens is 1. The number of anilines is 2. The number of nitrogens with one attached hydrogen (secondary N) is 2. The molecule has 0 unspecified atom stereocenters. The molecule has 1 atom stereocenters. The van der Waals surface area contributed by atoms with Crippen molar-refractivity contribution in [2.75, 3.05) is 22.1 Å². The third kappa shape index (κ3) is 5.32. The van der Waals surface area contributed by atoms with Gasteiger partial charge in [0.05, 0.1) is 16.3 Å². The highest BCUT2D eigenvalue weighted by Gasteiger charge is 2.23. The molecule has 1 aliphatic heterocycles. The molecule has 0 aromatic heterocycles. The number of fused-ring (bicyclic) bond motifs is 1. The van der Waals surface area contributed by atoms with Crippen molar-refractivity contribution in [3.63, 3.8) is 0 Å². The number of thioether (sulfide) groups is 1. The Kier molecular flexibility index (Phi) is 6.55. The highest BCUT2D eigenvalue weighted by atomic mass is 35.5. The monoisotopic (exact) mass is 452 g/mol. The normalized spacial score (nSPS) is 16.5. The van der Waals surface area contributed by atoms with Gasteiger partial charge in [0.1, 0.15) is 0 Å². The highest BCUT2D eigenvalue weighted by Crippen LogP contribution is 2.34. The van der Waals surface area contributed by atoms with Gasteiger partial charge in [-0.3, -0.25) is 9.59 Å². The molecular formula is C20H21ClN2O4S2. The molecule has 0 saturated carbocycles. The molecule has 154 valence electrons. The van der Waals surface area contributed by atoms with E-state index in [-0.39, 0.29) is 28.9 Å². The van der Waals surface area contributed by atoms with Crippen molar-refractivity contribution in [3.8, 4) is 0 Å². The number of hydrogen-bond donors (Lipinski definition) is 2. The Balaban J connectivity index is 1.68. The minimum absolute atomic E-state index is 0.0814. The molecule has 0 radical (unpaired) electrons. The van der Waals surface area contributed by atoms with E-state index in [1.165, 1.54) is 23.9 Å². The fourth-order valence-electron chi connectivity index (χ4n) is 2.71. The molecule has 2 amide bonds. The summed E-state index contributed by atoms with van der Waals surface area (Å²) in [7, 11) is -3.69. The predicted molar refractivity (Wildman–Crippen MR) is 116 cm³/mol. The van der Waals surface area contributed by atoms with Crippen molar-refractivity contribution < 1.29 is 18.0 Å². The number of benzene rings is 2. The van der Waals surface area contributed by atoms with Crippen molar-refractivity contribution in [2.45, 2.75) is 30.1 Å². The molecule has 2 N–H and O–H groups in total. The maximum absolute atomic E-state index is 12.7. The van der Waals surface area contributed by atoms with Crippen molar-refractivity contribution >= 4 is 56.4 Å². The van der Waals surface area contributed by atoms with Gasteiger partial charge in [0, 0.05) is 33.7 Å². The maximum Gasteiger partial charge on any atom is 0.228 e. The van der Waals surface area contributed by atoms with Gasteiger partial charge in [-0.2, -0.15) is 0 Å². The summed E-state index contributed by atoms with van der Waals surface area (Å²) in [5, 5.41) is 5.95. The Morgan fingerprint density at radius 1 is 1.28 bits per heavy atom. The van der Waals surface area contributed by atoms with Gasteiger partial charge in [0.15, 0.2) is 9.84 Å². The van der Waals surface area contributed by atoms with Crippen molar-refractivity contribution in [3.05, 3.63) is 47.0 Å². The van der Waals surface area contributed by atoms with Crippen LogP contribution < -0.4 is 10.6 Å². The molecule has 6 nitrogen and oxygen atoms in total. The van der Waals surface area contributed by atoms with E-state index in [1.54, 1.807) is 24.3 Å². The van der Waals surface area contributed by atoms with E-state index in [2.05, 4.69) is 10.6 Å². The van der Waals surface area contributed by atoms with Gasteiger partial charge in [-0.1, -0.05) is 24.6 Å². The van der Waals surface area contributed by atoms with Crippen molar-refractivity contribution in [2.24, 2.45) is 5.92 Å². The van der Waals surface area contributed by atoms with E-state index in [1.807, 2.05) is 13.8 Å². The molecule has 0 fully saturated rings. The third-order valence-corrected chi connectivity index (χ3v) is 8.01. The lowest BCUT2D eigenvalue weighted by Crippen LogP contribution is -2.20. The Labute approximate surface area is 179 Å². The van der Waals surface area contributed by atoms with Crippen LogP contribution in [0.25, 0.3) is 0 Å². The van der Waals surface area contributed by atoms with E-state index in [0.29, 0.717) is 22.2 Å². The SMILES string of the molecule is Cc1ccc(NC(=O)CCS(=O)(=O)c2ccc3c(c2)NC(=O)[C@H](C)CS3)cc1Cl. The molecule has 1 heterocycles. The molecule has 0 saturated heterocycles. The van der Waals surface area contributed by atoms with Gasteiger partial charge in [0.2, 0.25) is 11.8 Å². The zero-order valence-electron chi connectivity index (χ0n) is 16.0. The van der Waals surface area contributed by atoms with Gasteiger partial charge in [-0.05, 0) is 42.8 Å². The zero-order valence-corrected chi connectivity index (χ0v) is 18.4. The van der Waals surface area contributed by atoms with E-state index in [0.717, 1.165) is 10.5 Å². The van der Waals surface area contributed by atoms with Crippen molar-refractivity contribution in [1.29, 1.82) is 0 Å². The van der Waals surface area contributed by atoms with Gasteiger partial charge in [-0.25, -0.2) is 8.42 Å². The largest absolute Gasteiger partial charge is 0.326 e.